The highest BCUT2D eigenvalue weighted by Crippen LogP contribution is 2.22. The molecule has 0 saturated heterocycles. The van der Waals surface area contributed by atoms with Gasteiger partial charge in [-0.05, 0) is 54.0 Å². The molecule has 0 aromatic carbocycles. The lowest BCUT2D eigenvalue weighted by Crippen LogP contribution is -2.35. The van der Waals surface area contributed by atoms with Crippen LogP contribution in [0.25, 0.3) is 5.82 Å². The van der Waals surface area contributed by atoms with E-state index in [-0.39, 0.29) is 5.54 Å². The van der Waals surface area contributed by atoms with Gasteiger partial charge in [-0.15, -0.1) is 0 Å². The van der Waals surface area contributed by atoms with Crippen LogP contribution in [0.5, 0.6) is 0 Å². The molecule has 1 N–H and O–H groups in total. The average molecular weight is 289 g/mol. The van der Waals surface area contributed by atoms with Gasteiger partial charge in [-0.1, -0.05) is 0 Å². The van der Waals surface area contributed by atoms with Crippen molar-refractivity contribution in [2.45, 2.75) is 60.5 Å². The fraction of sp³-hybridized carbons (Fsp3) is 0.625. The van der Waals surface area contributed by atoms with Crippen LogP contribution in [0.4, 0.5) is 0 Å². The minimum atomic E-state index is 0.0740. The van der Waals surface area contributed by atoms with Gasteiger partial charge < -0.3 is 5.32 Å². The Morgan fingerprint density at radius 3 is 2.10 bits per heavy atom. The number of aryl methyl sites for hydroxylation is 3. The first-order valence-corrected chi connectivity index (χ1v) is 7.42. The normalized spacial score (nSPS) is 12.2. The second kappa shape index (κ2) is 5.30. The summed E-state index contributed by atoms with van der Waals surface area (Å²) in [6.45, 7) is 15.6. The first kappa shape index (κ1) is 15.8. The topological polar surface area (TPSA) is 47.7 Å². The summed E-state index contributed by atoms with van der Waals surface area (Å²) in [4.78, 5) is 0. The number of hydrogen-bond acceptors (Lipinski definition) is 3. The predicted octanol–water partition coefficient (Wildman–Crippen LogP) is 2.73. The smallest absolute Gasteiger partial charge is 0.156 e. The van der Waals surface area contributed by atoms with Gasteiger partial charge in [0.1, 0.15) is 0 Å². The lowest BCUT2D eigenvalue weighted by molar-refractivity contribution is 0.423. The molecule has 0 radical (unpaired) electrons. The van der Waals surface area contributed by atoms with Crippen LogP contribution >= 0.6 is 0 Å². The van der Waals surface area contributed by atoms with E-state index in [1.54, 1.807) is 0 Å². The molecule has 2 aromatic heterocycles. The molecule has 0 aliphatic rings. The van der Waals surface area contributed by atoms with E-state index in [2.05, 4.69) is 64.0 Å². The van der Waals surface area contributed by atoms with E-state index in [0.717, 1.165) is 23.8 Å². The third-order valence-electron chi connectivity index (χ3n) is 3.96. The molecule has 116 valence electrons. The maximum absolute atomic E-state index is 4.69. The first-order valence-electron chi connectivity index (χ1n) is 7.42. The summed E-state index contributed by atoms with van der Waals surface area (Å²) >= 11 is 0. The summed E-state index contributed by atoms with van der Waals surface area (Å²) in [5.74, 6) is 1.05. The number of aromatic nitrogens is 4. The lowest BCUT2D eigenvalue weighted by atomic mass is 10.1. The van der Waals surface area contributed by atoms with Crippen LogP contribution in [0.3, 0.4) is 0 Å². The van der Waals surface area contributed by atoms with E-state index in [9.17, 15) is 0 Å². The molecule has 2 aromatic rings. The Bertz CT molecular complexity index is 655. The van der Waals surface area contributed by atoms with Crippen LogP contribution in [0.15, 0.2) is 0 Å². The molecular weight excluding hydrogens is 262 g/mol. The van der Waals surface area contributed by atoms with Crippen molar-refractivity contribution in [1.82, 2.24) is 24.9 Å². The summed E-state index contributed by atoms with van der Waals surface area (Å²) in [5, 5.41) is 12.8. The van der Waals surface area contributed by atoms with E-state index in [1.165, 1.54) is 16.8 Å². The molecule has 0 fully saturated rings. The second-order valence-corrected chi connectivity index (χ2v) is 6.82. The fourth-order valence-corrected chi connectivity index (χ4v) is 2.44. The molecule has 21 heavy (non-hydrogen) atoms. The van der Waals surface area contributed by atoms with Gasteiger partial charge in [-0.25, -0.2) is 4.68 Å². The van der Waals surface area contributed by atoms with Crippen LogP contribution in [-0.2, 0) is 13.6 Å². The average Bonchev–Trinajstić information content (AvgIpc) is 2.77. The first-order chi connectivity index (χ1) is 9.61. The van der Waals surface area contributed by atoms with Gasteiger partial charge in [-0.3, -0.25) is 4.68 Å². The SMILES string of the molecule is Cc1nn(-c2c(CNC(C)(C)C)c(C)nn2C)c(C)c1C. The van der Waals surface area contributed by atoms with Gasteiger partial charge in [-0.2, -0.15) is 10.2 Å². The molecule has 5 nitrogen and oxygen atoms in total. The highest BCUT2D eigenvalue weighted by Gasteiger charge is 2.20. The second-order valence-electron chi connectivity index (χ2n) is 6.82. The van der Waals surface area contributed by atoms with Gasteiger partial charge in [0, 0.05) is 30.4 Å². The van der Waals surface area contributed by atoms with Crippen LogP contribution < -0.4 is 5.32 Å². The number of hydrogen-bond donors (Lipinski definition) is 1. The third kappa shape index (κ3) is 3.02. The number of rotatable bonds is 3. The van der Waals surface area contributed by atoms with Gasteiger partial charge >= 0.3 is 0 Å². The molecule has 0 amide bonds. The standard InChI is InChI=1S/C16H27N5/c1-10-11(2)19-21(13(10)4)15-14(9-17-16(5,6)7)12(3)18-20(15)8/h17H,9H2,1-8H3. The van der Waals surface area contributed by atoms with E-state index in [1.807, 2.05) is 16.4 Å². The Hall–Kier alpha value is -1.62. The summed E-state index contributed by atoms with van der Waals surface area (Å²) in [7, 11) is 1.98. The minimum absolute atomic E-state index is 0.0740. The van der Waals surface area contributed by atoms with Crippen molar-refractivity contribution in [3.8, 4) is 5.82 Å². The molecular formula is C16H27N5. The molecule has 2 heterocycles. The zero-order valence-electron chi connectivity index (χ0n) is 14.5. The number of nitrogens with zero attached hydrogens (tertiary/aromatic N) is 4. The van der Waals surface area contributed by atoms with Crippen molar-refractivity contribution >= 4 is 0 Å². The lowest BCUT2D eigenvalue weighted by Gasteiger charge is -2.21. The van der Waals surface area contributed by atoms with E-state index >= 15 is 0 Å². The molecule has 2 rings (SSSR count). The Balaban J connectivity index is 2.50. The van der Waals surface area contributed by atoms with Crippen molar-refractivity contribution in [2.24, 2.45) is 7.05 Å². The van der Waals surface area contributed by atoms with Crippen LogP contribution in [0, 0.1) is 27.7 Å². The molecule has 5 heteroatoms. The van der Waals surface area contributed by atoms with Crippen molar-refractivity contribution in [3.63, 3.8) is 0 Å². The quantitative estimate of drug-likeness (QED) is 0.945. The summed E-state index contributed by atoms with van der Waals surface area (Å²) in [6.07, 6.45) is 0. The van der Waals surface area contributed by atoms with Gasteiger partial charge in [0.2, 0.25) is 0 Å². The highest BCUT2D eigenvalue weighted by atomic mass is 15.4. The van der Waals surface area contributed by atoms with Crippen molar-refractivity contribution in [1.29, 1.82) is 0 Å². The minimum Gasteiger partial charge on any atom is -0.308 e. The molecule has 0 atom stereocenters. The molecule has 0 aliphatic heterocycles. The summed E-state index contributed by atoms with van der Waals surface area (Å²) in [6, 6.07) is 0. The van der Waals surface area contributed by atoms with Crippen molar-refractivity contribution < 1.29 is 0 Å². The van der Waals surface area contributed by atoms with Crippen LogP contribution in [0.2, 0.25) is 0 Å². The summed E-state index contributed by atoms with van der Waals surface area (Å²) < 4.78 is 3.94. The van der Waals surface area contributed by atoms with Gasteiger partial charge in [0.05, 0.1) is 11.4 Å². The highest BCUT2D eigenvalue weighted by molar-refractivity contribution is 5.41. The monoisotopic (exact) mass is 289 g/mol. The molecule has 0 aliphatic carbocycles. The van der Waals surface area contributed by atoms with E-state index in [0.29, 0.717) is 0 Å². The van der Waals surface area contributed by atoms with E-state index < -0.39 is 0 Å². The van der Waals surface area contributed by atoms with Gasteiger partial charge in [0.15, 0.2) is 5.82 Å². The summed E-state index contributed by atoms with van der Waals surface area (Å²) in [5.41, 5.74) is 5.81. The van der Waals surface area contributed by atoms with Crippen LogP contribution in [0.1, 0.15) is 49.0 Å². The molecule has 0 saturated carbocycles. The molecule has 0 spiro atoms. The zero-order chi connectivity index (χ0) is 15.9. The maximum atomic E-state index is 4.69. The fourth-order valence-electron chi connectivity index (χ4n) is 2.44. The predicted molar refractivity (Wildman–Crippen MR) is 85.9 cm³/mol. The zero-order valence-corrected chi connectivity index (χ0v) is 14.5. The molecule has 0 unspecified atom stereocenters. The Labute approximate surface area is 127 Å². The van der Waals surface area contributed by atoms with Crippen LogP contribution in [-0.4, -0.2) is 25.1 Å². The van der Waals surface area contributed by atoms with Crippen molar-refractivity contribution in [2.75, 3.05) is 0 Å². The maximum Gasteiger partial charge on any atom is 0.156 e. The third-order valence-corrected chi connectivity index (χ3v) is 3.96. The van der Waals surface area contributed by atoms with E-state index in [4.69, 9.17) is 0 Å². The Morgan fingerprint density at radius 1 is 1.00 bits per heavy atom. The largest absolute Gasteiger partial charge is 0.308 e. The molecule has 0 bridgehead atoms. The van der Waals surface area contributed by atoms with Crippen molar-refractivity contribution in [3.05, 3.63) is 28.2 Å². The van der Waals surface area contributed by atoms with Gasteiger partial charge in [0.25, 0.3) is 0 Å². The number of nitrogens with one attached hydrogen (secondary N) is 1. The Kier molecular flexibility index (Phi) is 3.97. The Morgan fingerprint density at radius 2 is 1.62 bits per heavy atom.